The number of ether oxygens (including phenoxy) is 2. The lowest BCUT2D eigenvalue weighted by molar-refractivity contribution is -0.166. The van der Waals surface area contributed by atoms with E-state index in [4.69, 9.17) is 38.9 Å². The zero-order chi connectivity index (χ0) is 54.7. The van der Waals surface area contributed by atoms with Crippen LogP contribution in [0, 0.1) is 48.2 Å². The van der Waals surface area contributed by atoms with Crippen LogP contribution < -0.4 is 26.3 Å². The van der Waals surface area contributed by atoms with Gasteiger partial charge in [0, 0.05) is 54.1 Å². The van der Waals surface area contributed by atoms with Gasteiger partial charge in [-0.15, -0.1) is 12.8 Å². The molecule has 27 heteroatoms. The Labute approximate surface area is 429 Å². The van der Waals surface area contributed by atoms with Gasteiger partial charge in [-0.1, -0.05) is 47.5 Å². The third kappa shape index (κ3) is 14.9. The number of thioether (sulfide) groups is 2. The Balaban J connectivity index is 0.000000216. The van der Waals surface area contributed by atoms with Crippen LogP contribution >= 0.6 is 23.5 Å². The van der Waals surface area contributed by atoms with Crippen LogP contribution in [0.15, 0.2) is 71.2 Å². The number of nitrogens with one attached hydrogen (secondary N) is 1. The molecule has 2 aromatic heterocycles. The number of alkyl halides is 6. The van der Waals surface area contributed by atoms with Crippen LogP contribution in [0.4, 0.5) is 43.9 Å². The molecule has 2 aromatic carbocycles. The maximum absolute atomic E-state index is 15.2. The predicted octanol–water partition coefficient (Wildman–Crippen LogP) is 7.36. The maximum Gasteiger partial charge on any atom is 0.399 e. The Morgan fingerprint density at radius 1 is 0.760 bits per heavy atom. The molecular formula is C48H42F10N10O5S2. The first-order valence-electron chi connectivity index (χ1n) is 21.9. The van der Waals surface area contributed by atoms with Crippen LogP contribution in [-0.4, -0.2) is 115 Å². The molecule has 2 saturated heterocycles. The quantitative estimate of drug-likeness (QED) is 0.0806. The molecule has 75 heavy (non-hydrogen) atoms. The summed E-state index contributed by atoms with van der Waals surface area (Å²) in [5, 5.41) is 11.4. The number of amides is 1. The number of halogens is 10. The number of carbonyl (C=O) groups excluding carboxylic acids is 1. The SMILES string of the molecule is C#CCOc1cnc(/C(F)=C/c2ccc(F)c([C@]34CN(C(=O)CC(F)(F)F)C[C@H]3CSC(N)=N4)c2)cn1.C#CCOc1cnc(/C(F)=C/c2ccc(F)c([C@]34CNC[C@H]3CSC(N)=N4)c2)cn1.O=C(O)CC(F)(F)F. The molecule has 0 radical (unpaired) electrons. The summed E-state index contributed by atoms with van der Waals surface area (Å²) in [6.45, 7) is 0.894. The minimum Gasteiger partial charge on any atom is -0.481 e. The van der Waals surface area contributed by atoms with Gasteiger partial charge in [-0.05, 0) is 47.5 Å². The van der Waals surface area contributed by atoms with Crippen molar-refractivity contribution in [3.8, 4) is 36.4 Å². The molecule has 6 heterocycles. The second kappa shape index (κ2) is 24.3. The fraction of sp³-hybridized carbons (Fsp3) is 0.333. The minimum atomic E-state index is -4.68. The summed E-state index contributed by atoms with van der Waals surface area (Å²) < 4.78 is 141. The third-order valence-corrected chi connectivity index (χ3v) is 13.3. The first-order chi connectivity index (χ1) is 35.4. The number of rotatable bonds is 12. The molecule has 396 valence electrons. The van der Waals surface area contributed by atoms with Crippen LogP contribution in [0.1, 0.15) is 46.5 Å². The van der Waals surface area contributed by atoms with Gasteiger partial charge in [-0.3, -0.25) is 9.59 Å². The predicted molar refractivity (Wildman–Crippen MR) is 260 cm³/mol. The number of carboxylic acids is 1. The third-order valence-electron chi connectivity index (χ3n) is 11.4. The molecule has 4 aliphatic heterocycles. The molecule has 0 unspecified atom stereocenters. The minimum absolute atomic E-state index is 0.00808. The monoisotopic (exact) mass is 1090 g/mol. The van der Waals surface area contributed by atoms with Crippen LogP contribution in [0.25, 0.3) is 23.8 Å². The molecule has 4 aromatic rings. The first-order valence-corrected chi connectivity index (χ1v) is 23.8. The van der Waals surface area contributed by atoms with E-state index in [1.165, 1.54) is 72.5 Å². The molecule has 4 aliphatic rings. The Bertz CT molecular complexity index is 2950. The van der Waals surface area contributed by atoms with Crippen molar-refractivity contribution in [2.24, 2.45) is 33.3 Å². The fourth-order valence-corrected chi connectivity index (χ4v) is 10.1. The molecule has 0 saturated carbocycles. The second-order valence-electron chi connectivity index (χ2n) is 16.6. The summed E-state index contributed by atoms with van der Waals surface area (Å²) in [6, 6.07) is 8.25. The number of amidine groups is 2. The maximum atomic E-state index is 15.2. The van der Waals surface area contributed by atoms with Gasteiger partial charge in [0.25, 0.3) is 0 Å². The number of carbonyl (C=O) groups is 2. The number of aliphatic imine (C=N–C) groups is 2. The molecular weight excluding hydrogens is 1050 g/mol. The van der Waals surface area contributed by atoms with Gasteiger partial charge in [0.05, 0.1) is 31.3 Å². The van der Waals surface area contributed by atoms with E-state index >= 15 is 4.39 Å². The fourth-order valence-electron chi connectivity index (χ4n) is 8.14. The first kappa shape index (κ1) is 56.9. The largest absolute Gasteiger partial charge is 0.481 e. The highest BCUT2D eigenvalue weighted by atomic mass is 32.2. The van der Waals surface area contributed by atoms with Gasteiger partial charge >= 0.3 is 18.3 Å². The van der Waals surface area contributed by atoms with Crippen molar-refractivity contribution in [1.29, 1.82) is 0 Å². The Morgan fingerprint density at radius 2 is 1.24 bits per heavy atom. The summed E-state index contributed by atoms with van der Waals surface area (Å²) in [7, 11) is 0. The van der Waals surface area contributed by atoms with Gasteiger partial charge < -0.3 is 36.3 Å². The van der Waals surface area contributed by atoms with Crippen molar-refractivity contribution in [2.45, 2.75) is 36.3 Å². The van der Waals surface area contributed by atoms with Crippen molar-refractivity contribution < 1.29 is 68.1 Å². The number of nitrogens with zero attached hydrogens (tertiary/aromatic N) is 7. The summed E-state index contributed by atoms with van der Waals surface area (Å²) in [5.74, 6) is 0.117. The normalized spacial score (nSPS) is 21.3. The van der Waals surface area contributed by atoms with Crippen molar-refractivity contribution in [1.82, 2.24) is 30.2 Å². The molecule has 0 bridgehead atoms. The van der Waals surface area contributed by atoms with E-state index in [-0.39, 0.29) is 77.5 Å². The lowest BCUT2D eigenvalue weighted by Crippen LogP contribution is -2.41. The summed E-state index contributed by atoms with van der Waals surface area (Å²) in [6.07, 6.45) is 4.84. The van der Waals surface area contributed by atoms with E-state index in [1.54, 1.807) is 6.07 Å². The molecule has 8 rings (SSSR count). The number of benzene rings is 2. The van der Waals surface area contributed by atoms with E-state index in [9.17, 15) is 49.1 Å². The van der Waals surface area contributed by atoms with Crippen LogP contribution in [0.5, 0.6) is 11.8 Å². The Kier molecular flexibility index (Phi) is 18.5. The number of fused-ring (bicyclic) bond motifs is 2. The van der Waals surface area contributed by atoms with Crippen molar-refractivity contribution in [3.63, 3.8) is 0 Å². The van der Waals surface area contributed by atoms with Gasteiger partial charge in [0.1, 0.15) is 46.9 Å². The average Bonchev–Trinajstić information content (AvgIpc) is 3.96. The standard InChI is InChI=1S/C24H20F5N5O2S.C21H19F2N5OS.C3H3F3O2/c1-2-5-36-20-10-31-19(9-32-20)18(26)7-14-3-4-17(25)16(6-14)23-13-34(21(35)8-24(27,28)29)11-15(23)12-37-22(30)33-23;1-2-5-29-19-10-26-18(9-27-19)17(23)7-13-3-4-16(22)15(6-13)21-12-25-8-14(21)11-30-20(24)28-21;4-3(5,6)1-2(7)8/h1,3-4,6-7,9-10,15H,5,8,11-13H2,(H2,30,33);1,3-4,6-7,9-10,14,25H,5,8,11-12H2,(H2,24,28);1H2,(H,7,8)/b18-7-;17-7-;/t15-,23-;14-,21-;/m00./s1. The number of aliphatic carboxylic acids is 1. The summed E-state index contributed by atoms with van der Waals surface area (Å²) >= 11 is 2.64. The highest BCUT2D eigenvalue weighted by Crippen LogP contribution is 2.47. The molecule has 6 N–H and O–H groups in total. The van der Waals surface area contributed by atoms with Crippen molar-refractivity contribution in [2.75, 3.05) is 50.9 Å². The summed E-state index contributed by atoms with van der Waals surface area (Å²) in [4.78, 5) is 47.5. The van der Waals surface area contributed by atoms with E-state index in [0.29, 0.717) is 28.6 Å². The number of hydrogen-bond acceptors (Lipinski definition) is 15. The van der Waals surface area contributed by atoms with Gasteiger partial charge in [0.15, 0.2) is 35.2 Å². The number of nitrogens with two attached hydrogens (primary N) is 2. The van der Waals surface area contributed by atoms with Crippen LogP contribution in [0.3, 0.4) is 0 Å². The lowest BCUT2D eigenvalue weighted by Gasteiger charge is -2.35. The number of terminal acetylenes is 2. The molecule has 15 nitrogen and oxygen atoms in total. The highest BCUT2D eigenvalue weighted by Gasteiger charge is 2.53. The number of carboxylic acid groups (broad SMARTS) is 1. The van der Waals surface area contributed by atoms with E-state index in [2.05, 4.69) is 47.1 Å². The highest BCUT2D eigenvalue weighted by molar-refractivity contribution is 8.14. The van der Waals surface area contributed by atoms with E-state index in [0.717, 1.165) is 35.5 Å². The van der Waals surface area contributed by atoms with Gasteiger partial charge in [-0.25, -0.2) is 47.5 Å². The number of aromatic nitrogens is 4. The molecule has 0 spiro atoms. The van der Waals surface area contributed by atoms with E-state index < -0.39 is 71.5 Å². The van der Waals surface area contributed by atoms with Crippen LogP contribution in [-0.2, 0) is 20.7 Å². The zero-order valence-electron chi connectivity index (χ0n) is 38.8. The number of hydrogen-bond donors (Lipinski definition) is 4. The van der Waals surface area contributed by atoms with Gasteiger partial charge in [-0.2, -0.15) is 26.3 Å². The van der Waals surface area contributed by atoms with Crippen molar-refractivity contribution >= 4 is 69.5 Å². The Hall–Kier alpha value is -7.36. The van der Waals surface area contributed by atoms with Crippen LogP contribution in [0.2, 0.25) is 0 Å². The zero-order valence-corrected chi connectivity index (χ0v) is 40.4. The van der Waals surface area contributed by atoms with Crippen molar-refractivity contribution in [3.05, 3.63) is 106 Å². The topological polar surface area (TPSA) is 216 Å². The lowest BCUT2D eigenvalue weighted by atomic mass is 9.81. The van der Waals surface area contributed by atoms with Gasteiger partial charge in [0.2, 0.25) is 17.7 Å². The van der Waals surface area contributed by atoms with E-state index in [1.807, 2.05) is 0 Å². The molecule has 4 atom stereocenters. The smallest absolute Gasteiger partial charge is 0.399 e. The molecule has 0 aliphatic carbocycles. The second-order valence-corrected chi connectivity index (χ2v) is 18.7. The Morgan fingerprint density at radius 3 is 1.68 bits per heavy atom. The molecule has 1 amide bonds. The average molecular weight is 1090 g/mol. The summed E-state index contributed by atoms with van der Waals surface area (Å²) in [5.41, 5.74) is 10.8. The number of likely N-dealkylation sites (tertiary alicyclic amines) is 1. The molecule has 2 fully saturated rings.